The van der Waals surface area contributed by atoms with Crippen LogP contribution in [0.2, 0.25) is 0 Å². The molecule has 2 rings (SSSR count). The minimum absolute atomic E-state index is 0.243. The number of piperidine rings is 1. The van der Waals surface area contributed by atoms with Crippen LogP contribution >= 0.6 is 23.1 Å². The van der Waals surface area contributed by atoms with Crippen molar-refractivity contribution in [3.05, 3.63) is 22.4 Å². The molecule has 0 aliphatic carbocycles. The zero-order valence-corrected chi connectivity index (χ0v) is 12.4. The summed E-state index contributed by atoms with van der Waals surface area (Å²) in [5.74, 6) is 0.860. The van der Waals surface area contributed by atoms with Gasteiger partial charge in [-0.3, -0.25) is 4.79 Å². The molecule has 5 heteroatoms. The number of hydrogen-bond acceptors (Lipinski definition) is 4. The SMILES string of the molecule is CN(Cc1cccs1)C(=O)CSC1CCNCC1. The molecule has 1 aromatic heterocycles. The van der Waals surface area contributed by atoms with Gasteiger partial charge in [-0.05, 0) is 37.4 Å². The van der Waals surface area contributed by atoms with Gasteiger partial charge in [-0.25, -0.2) is 0 Å². The summed E-state index contributed by atoms with van der Waals surface area (Å²) in [6.45, 7) is 2.93. The number of hydrogen-bond donors (Lipinski definition) is 1. The number of rotatable bonds is 5. The maximum Gasteiger partial charge on any atom is 0.232 e. The maximum absolute atomic E-state index is 12.0. The number of amides is 1. The summed E-state index contributed by atoms with van der Waals surface area (Å²) in [4.78, 5) is 15.1. The molecule has 1 aliphatic heterocycles. The van der Waals surface area contributed by atoms with Gasteiger partial charge in [0, 0.05) is 17.2 Å². The minimum Gasteiger partial charge on any atom is -0.340 e. The third kappa shape index (κ3) is 4.30. The van der Waals surface area contributed by atoms with E-state index < -0.39 is 0 Å². The second-order valence-electron chi connectivity index (χ2n) is 4.59. The van der Waals surface area contributed by atoms with Crippen LogP contribution in [0.1, 0.15) is 17.7 Å². The Bertz CT molecular complexity index is 361. The number of nitrogens with one attached hydrogen (secondary N) is 1. The molecule has 1 amide bonds. The highest BCUT2D eigenvalue weighted by atomic mass is 32.2. The van der Waals surface area contributed by atoms with E-state index in [9.17, 15) is 4.79 Å². The summed E-state index contributed by atoms with van der Waals surface area (Å²) in [6.07, 6.45) is 2.37. The Morgan fingerprint density at radius 2 is 2.33 bits per heavy atom. The van der Waals surface area contributed by atoms with Crippen molar-refractivity contribution >= 4 is 29.0 Å². The number of carbonyl (C=O) groups is 1. The van der Waals surface area contributed by atoms with Crippen molar-refractivity contribution in [2.45, 2.75) is 24.6 Å². The molecule has 100 valence electrons. The van der Waals surface area contributed by atoms with Gasteiger partial charge in [0.25, 0.3) is 0 Å². The van der Waals surface area contributed by atoms with Gasteiger partial charge in [-0.2, -0.15) is 0 Å². The Morgan fingerprint density at radius 1 is 1.56 bits per heavy atom. The van der Waals surface area contributed by atoms with Crippen LogP contribution < -0.4 is 5.32 Å². The second-order valence-corrected chi connectivity index (χ2v) is 6.91. The molecule has 1 saturated heterocycles. The van der Waals surface area contributed by atoms with Crippen LogP contribution in [0.5, 0.6) is 0 Å². The van der Waals surface area contributed by atoms with Crippen molar-refractivity contribution in [2.24, 2.45) is 0 Å². The van der Waals surface area contributed by atoms with Crippen LogP contribution in [0, 0.1) is 0 Å². The van der Waals surface area contributed by atoms with E-state index in [0.29, 0.717) is 11.0 Å². The minimum atomic E-state index is 0.243. The Kier molecular flexibility index (Phi) is 5.53. The Hall–Kier alpha value is -0.520. The lowest BCUT2D eigenvalue weighted by Gasteiger charge is -2.23. The highest BCUT2D eigenvalue weighted by Crippen LogP contribution is 2.20. The van der Waals surface area contributed by atoms with Gasteiger partial charge < -0.3 is 10.2 Å². The summed E-state index contributed by atoms with van der Waals surface area (Å²) < 4.78 is 0. The predicted molar refractivity (Wildman–Crippen MR) is 79.1 cm³/mol. The monoisotopic (exact) mass is 284 g/mol. The Labute approximate surface area is 117 Å². The van der Waals surface area contributed by atoms with E-state index >= 15 is 0 Å². The average Bonchev–Trinajstić information content (AvgIpc) is 2.90. The van der Waals surface area contributed by atoms with E-state index in [1.54, 1.807) is 11.3 Å². The summed E-state index contributed by atoms with van der Waals surface area (Å²) in [7, 11) is 1.89. The predicted octanol–water partition coefficient (Wildman–Crippen LogP) is 2.19. The lowest BCUT2D eigenvalue weighted by atomic mass is 10.2. The van der Waals surface area contributed by atoms with Gasteiger partial charge >= 0.3 is 0 Å². The molecule has 1 aromatic rings. The first kappa shape index (κ1) is 13.9. The molecular weight excluding hydrogens is 264 g/mol. The summed E-state index contributed by atoms with van der Waals surface area (Å²) in [5.41, 5.74) is 0. The molecule has 3 nitrogen and oxygen atoms in total. The molecule has 18 heavy (non-hydrogen) atoms. The number of thioether (sulfide) groups is 1. The molecule has 1 fully saturated rings. The summed E-state index contributed by atoms with van der Waals surface area (Å²) in [5, 5.41) is 6.06. The molecule has 0 spiro atoms. The average molecular weight is 284 g/mol. The lowest BCUT2D eigenvalue weighted by Crippen LogP contribution is -2.32. The molecule has 1 aliphatic rings. The molecule has 1 N–H and O–H groups in total. The van der Waals surface area contributed by atoms with Crippen molar-refractivity contribution in [1.82, 2.24) is 10.2 Å². The smallest absolute Gasteiger partial charge is 0.232 e. The Morgan fingerprint density at radius 3 is 3.00 bits per heavy atom. The molecule has 0 saturated carbocycles. The van der Waals surface area contributed by atoms with Crippen molar-refractivity contribution in [1.29, 1.82) is 0 Å². The second kappa shape index (κ2) is 7.16. The van der Waals surface area contributed by atoms with E-state index in [1.807, 2.05) is 29.8 Å². The molecule has 0 aromatic carbocycles. The third-order valence-corrected chi connectivity index (χ3v) is 5.35. The van der Waals surface area contributed by atoms with Crippen molar-refractivity contribution < 1.29 is 4.79 Å². The molecule has 0 unspecified atom stereocenters. The van der Waals surface area contributed by atoms with E-state index in [4.69, 9.17) is 0 Å². The molecule has 2 heterocycles. The third-order valence-electron chi connectivity index (χ3n) is 3.13. The van der Waals surface area contributed by atoms with Crippen molar-refractivity contribution in [3.63, 3.8) is 0 Å². The van der Waals surface area contributed by atoms with Crippen LogP contribution in [0.4, 0.5) is 0 Å². The van der Waals surface area contributed by atoms with Crippen molar-refractivity contribution in [2.75, 3.05) is 25.9 Å². The molecule has 0 atom stereocenters. The van der Waals surface area contributed by atoms with Gasteiger partial charge in [0.05, 0.1) is 12.3 Å². The fraction of sp³-hybridized carbons (Fsp3) is 0.615. The molecular formula is C13H20N2OS2. The van der Waals surface area contributed by atoms with Gasteiger partial charge in [-0.1, -0.05) is 6.07 Å². The van der Waals surface area contributed by atoms with E-state index in [0.717, 1.165) is 19.6 Å². The van der Waals surface area contributed by atoms with E-state index in [2.05, 4.69) is 16.8 Å². The van der Waals surface area contributed by atoms with Crippen LogP contribution in [0.25, 0.3) is 0 Å². The number of nitrogens with zero attached hydrogens (tertiary/aromatic N) is 1. The highest BCUT2D eigenvalue weighted by Gasteiger charge is 2.16. The topological polar surface area (TPSA) is 32.3 Å². The summed E-state index contributed by atoms with van der Waals surface area (Å²) >= 11 is 3.52. The normalized spacial score (nSPS) is 16.7. The number of thiophene rings is 1. The fourth-order valence-corrected chi connectivity index (χ4v) is 3.91. The molecule has 0 radical (unpaired) electrons. The van der Waals surface area contributed by atoms with E-state index in [1.165, 1.54) is 17.7 Å². The van der Waals surface area contributed by atoms with Crippen LogP contribution in [0.3, 0.4) is 0 Å². The largest absolute Gasteiger partial charge is 0.340 e. The number of carbonyl (C=O) groups excluding carboxylic acids is 1. The molecule has 0 bridgehead atoms. The first-order valence-corrected chi connectivity index (χ1v) is 8.27. The quantitative estimate of drug-likeness (QED) is 0.899. The summed E-state index contributed by atoms with van der Waals surface area (Å²) in [6, 6.07) is 4.11. The van der Waals surface area contributed by atoms with Gasteiger partial charge in [0.1, 0.15) is 0 Å². The Balaban J connectivity index is 1.70. The fourth-order valence-electron chi connectivity index (χ4n) is 1.99. The van der Waals surface area contributed by atoms with Crippen LogP contribution in [-0.2, 0) is 11.3 Å². The van der Waals surface area contributed by atoms with Gasteiger partial charge in [0.15, 0.2) is 0 Å². The zero-order valence-electron chi connectivity index (χ0n) is 10.7. The standard InChI is InChI=1S/C13H20N2OS2/c1-15(9-12-3-2-8-17-12)13(16)10-18-11-4-6-14-7-5-11/h2-3,8,11,14H,4-7,9-10H2,1H3. The highest BCUT2D eigenvalue weighted by molar-refractivity contribution is 8.00. The maximum atomic E-state index is 12.0. The lowest BCUT2D eigenvalue weighted by molar-refractivity contribution is -0.127. The van der Waals surface area contributed by atoms with Crippen LogP contribution in [0.15, 0.2) is 17.5 Å². The van der Waals surface area contributed by atoms with Gasteiger partial charge in [-0.15, -0.1) is 23.1 Å². The van der Waals surface area contributed by atoms with Gasteiger partial charge in [0.2, 0.25) is 5.91 Å². The zero-order chi connectivity index (χ0) is 12.8. The van der Waals surface area contributed by atoms with Crippen molar-refractivity contribution in [3.8, 4) is 0 Å². The first-order valence-electron chi connectivity index (χ1n) is 6.34. The first-order chi connectivity index (χ1) is 8.75. The van der Waals surface area contributed by atoms with Crippen LogP contribution in [-0.4, -0.2) is 41.9 Å². The van der Waals surface area contributed by atoms with E-state index in [-0.39, 0.29) is 5.91 Å².